The number of anilines is 1. The molecule has 152 valence electrons. The van der Waals surface area contributed by atoms with Crippen molar-refractivity contribution in [2.24, 2.45) is 10.1 Å². The van der Waals surface area contributed by atoms with E-state index in [9.17, 15) is 9.59 Å². The van der Waals surface area contributed by atoms with Crippen LogP contribution in [0.3, 0.4) is 0 Å². The second-order valence-electron chi connectivity index (χ2n) is 6.40. The molecule has 0 aliphatic carbocycles. The maximum atomic E-state index is 11.9. The van der Waals surface area contributed by atoms with Crippen LogP contribution in [0.15, 0.2) is 57.2 Å². The first-order valence-corrected chi connectivity index (χ1v) is 10.2. The molecule has 1 aliphatic heterocycles. The first-order chi connectivity index (χ1) is 14.0. The number of furan rings is 1. The highest BCUT2D eigenvalue weighted by Gasteiger charge is 2.17. The van der Waals surface area contributed by atoms with E-state index in [-0.39, 0.29) is 6.54 Å². The zero-order chi connectivity index (χ0) is 20.6. The van der Waals surface area contributed by atoms with E-state index in [0.717, 1.165) is 29.4 Å². The van der Waals surface area contributed by atoms with Crippen LogP contribution >= 0.6 is 11.8 Å². The molecular weight excluding hydrogens is 390 g/mol. The Labute approximate surface area is 173 Å². The van der Waals surface area contributed by atoms with E-state index in [2.05, 4.69) is 33.1 Å². The van der Waals surface area contributed by atoms with E-state index >= 15 is 0 Å². The molecule has 2 heterocycles. The Morgan fingerprint density at radius 2 is 2.03 bits per heavy atom. The second kappa shape index (κ2) is 9.92. The Bertz CT molecular complexity index is 907. The average molecular weight is 414 g/mol. The highest BCUT2D eigenvalue weighted by Crippen LogP contribution is 2.24. The lowest BCUT2D eigenvalue weighted by molar-refractivity contribution is -0.139. The number of thioether (sulfide) groups is 1. The van der Waals surface area contributed by atoms with Crippen molar-refractivity contribution in [1.82, 2.24) is 10.7 Å². The maximum absolute atomic E-state index is 11.9. The largest absolute Gasteiger partial charge is 0.467 e. The van der Waals surface area contributed by atoms with Crippen molar-refractivity contribution in [1.29, 1.82) is 0 Å². The van der Waals surface area contributed by atoms with Gasteiger partial charge in [-0.2, -0.15) is 5.10 Å². The Balaban J connectivity index is 1.48. The van der Waals surface area contributed by atoms with Crippen molar-refractivity contribution in [3.8, 4) is 0 Å². The zero-order valence-electron chi connectivity index (χ0n) is 16.3. The number of nitrogens with zero attached hydrogens (tertiary/aromatic N) is 2. The number of amides is 2. The number of hydrogen-bond donors (Lipinski definition) is 3. The molecule has 2 amide bonds. The van der Waals surface area contributed by atoms with Crippen LogP contribution in [0.4, 0.5) is 5.69 Å². The fraction of sp³-hybridized carbons (Fsp3) is 0.300. The number of rotatable bonds is 6. The van der Waals surface area contributed by atoms with E-state index in [0.29, 0.717) is 16.7 Å². The molecular formula is C20H23N5O3S. The molecule has 0 fully saturated rings. The number of hydrogen-bond acceptors (Lipinski definition) is 7. The third kappa shape index (κ3) is 5.95. The summed E-state index contributed by atoms with van der Waals surface area (Å²) in [7, 11) is 0. The lowest BCUT2D eigenvalue weighted by Crippen LogP contribution is -2.37. The van der Waals surface area contributed by atoms with E-state index in [4.69, 9.17) is 4.42 Å². The topological polar surface area (TPSA) is 108 Å². The third-order valence-electron chi connectivity index (χ3n) is 4.26. The summed E-state index contributed by atoms with van der Waals surface area (Å²) in [6.07, 6.45) is 2.60. The van der Waals surface area contributed by atoms with Crippen molar-refractivity contribution in [3.05, 3.63) is 54.0 Å². The van der Waals surface area contributed by atoms with Crippen LogP contribution in [0.25, 0.3) is 0 Å². The van der Waals surface area contributed by atoms with Gasteiger partial charge in [-0.15, -0.1) is 0 Å². The molecule has 0 radical (unpaired) electrons. The molecule has 0 spiro atoms. The van der Waals surface area contributed by atoms with Crippen molar-refractivity contribution in [3.63, 3.8) is 0 Å². The Kier molecular flexibility index (Phi) is 7.07. The van der Waals surface area contributed by atoms with Gasteiger partial charge in [0.05, 0.1) is 25.1 Å². The van der Waals surface area contributed by atoms with Gasteiger partial charge in [0.2, 0.25) is 0 Å². The lowest BCUT2D eigenvalue weighted by Gasteiger charge is -2.08. The predicted molar refractivity (Wildman–Crippen MR) is 115 cm³/mol. The number of carbonyl (C=O) groups is 2. The highest BCUT2D eigenvalue weighted by atomic mass is 32.2. The van der Waals surface area contributed by atoms with Gasteiger partial charge in [0.1, 0.15) is 5.76 Å². The van der Waals surface area contributed by atoms with Crippen LogP contribution in [0, 0.1) is 0 Å². The first kappa shape index (κ1) is 20.7. The molecule has 8 nitrogen and oxygen atoms in total. The standard InChI is InChI=1S/C20H23N5O3S/c1-3-17-12-22-20(29-17)23-15-8-6-14(7-9-15)13(2)24-25-19(27)18(26)21-11-16-5-4-10-28-16/h4-10,17H,3,11-12H2,1-2H3,(H,21,26)(H,22,23)(H,25,27)/b24-13-/t17-/m0/s1. The summed E-state index contributed by atoms with van der Waals surface area (Å²) >= 11 is 1.76. The molecule has 29 heavy (non-hydrogen) atoms. The minimum Gasteiger partial charge on any atom is -0.467 e. The number of benzene rings is 1. The molecule has 3 N–H and O–H groups in total. The van der Waals surface area contributed by atoms with Gasteiger partial charge in [-0.05, 0) is 43.2 Å². The lowest BCUT2D eigenvalue weighted by atomic mass is 10.1. The van der Waals surface area contributed by atoms with Gasteiger partial charge in [-0.3, -0.25) is 14.6 Å². The molecule has 0 saturated carbocycles. The molecule has 1 aliphatic rings. The smallest absolute Gasteiger partial charge is 0.329 e. The molecule has 2 aromatic rings. The zero-order valence-corrected chi connectivity index (χ0v) is 17.1. The molecule has 9 heteroatoms. The summed E-state index contributed by atoms with van der Waals surface area (Å²) in [5, 5.41) is 11.2. The van der Waals surface area contributed by atoms with Gasteiger partial charge in [0, 0.05) is 10.9 Å². The van der Waals surface area contributed by atoms with E-state index < -0.39 is 11.8 Å². The minimum absolute atomic E-state index is 0.138. The second-order valence-corrected chi connectivity index (χ2v) is 7.69. The molecule has 0 unspecified atom stereocenters. The summed E-state index contributed by atoms with van der Waals surface area (Å²) in [6, 6.07) is 11.0. The van der Waals surface area contributed by atoms with Crippen LogP contribution in [0.2, 0.25) is 0 Å². The van der Waals surface area contributed by atoms with Crippen LogP contribution < -0.4 is 16.1 Å². The van der Waals surface area contributed by atoms with Gasteiger partial charge < -0.3 is 15.1 Å². The predicted octanol–water partition coefficient (Wildman–Crippen LogP) is 2.73. The molecule has 1 atom stereocenters. The van der Waals surface area contributed by atoms with Gasteiger partial charge in [0.15, 0.2) is 5.17 Å². The molecule has 1 aromatic carbocycles. The van der Waals surface area contributed by atoms with Gasteiger partial charge in [0.25, 0.3) is 0 Å². The number of nitrogens with one attached hydrogen (secondary N) is 3. The Morgan fingerprint density at radius 3 is 2.69 bits per heavy atom. The van der Waals surface area contributed by atoms with Gasteiger partial charge >= 0.3 is 11.8 Å². The molecule has 0 bridgehead atoms. The average Bonchev–Trinajstić information content (AvgIpc) is 3.42. The molecule has 1 aromatic heterocycles. The summed E-state index contributed by atoms with van der Waals surface area (Å²) in [6.45, 7) is 4.90. The molecule has 3 rings (SSSR count). The first-order valence-electron chi connectivity index (χ1n) is 9.28. The quantitative estimate of drug-likeness (QED) is 0.383. The molecule has 0 saturated heterocycles. The summed E-state index contributed by atoms with van der Waals surface area (Å²) in [5.74, 6) is -1.06. The van der Waals surface area contributed by atoms with Crippen molar-refractivity contribution >= 4 is 40.1 Å². The number of aliphatic imine (C=N–C) groups is 1. The normalized spacial score (nSPS) is 16.3. The summed E-state index contributed by atoms with van der Waals surface area (Å²) in [5.41, 5.74) is 4.62. The van der Waals surface area contributed by atoms with Crippen molar-refractivity contribution < 1.29 is 14.0 Å². The van der Waals surface area contributed by atoms with Crippen LogP contribution in [-0.2, 0) is 16.1 Å². The van der Waals surface area contributed by atoms with E-state index in [1.54, 1.807) is 30.8 Å². The number of amidine groups is 1. The number of hydrazone groups is 1. The fourth-order valence-corrected chi connectivity index (χ4v) is 3.48. The third-order valence-corrected chi connectivity index (χ3v) is 5.53. The Morgan fingerprint density at radius 1 is 1.24 bits per heavy atom. The van der Waals surface area contributed by atoms with Crippen LogP contribution in [-0.4, -0.2) is 34.5 Å². The highest BCUT2D eigenvalue weighted by molar-refractivity contribution is 8.15. The van der Waals surface area contributed by atoms with Crippen LogP contribution in [0.1, 0.15) is 31.6 Å². The van der Waals surface area contributed by atoms with E-state index in [1.165, 1.54) is 6.26 Å². The van der Waals surface area contributed by atoms with Gasteiger partial charge in [-0.1, -0.05) is 30.8 Å². The SMILES string of the molecule is CC[C@H]1CN=C(Nc2ccc(/C(C)=N\NC(=O)C(=O)NCc3ccco3)cc2)S1. The maximum Gasteiger partial charge on any atom is 0.329 e. The summed E-state index contributed by atoms with van der Waals surface area (Å²) in [4.78, 5) is 28.1. The van der Waals surface area contributed by atoms with Crippen molar-refractivity contribution in [2.75, 3.05) is 11.9 Å². The summed E-state index contributed by atoms with van der Waals surface area (Å²) < 4.78 is 5.09. The Hall–Kier alpha value is -3.07. The van der Waals surface area contributed by atoms with E-state index in [1.807, 2.05) is 24.3 Å². The monoisotopic (exact) mass is 413 g/mol. The van der Waals surface area contributed by atoms with Crippen LogP contribution in [0.5, 0.6) is 0 Å². The van der Waals surface area contributed by atoms with Crippen molar-refractivity contribution in [2.45, 2.75) is 32.1 Å². The van der Waals surface area contributed by atoms with Gasteiger partial charge in [-0.25, -0.2) is 5.43 Å². The minimum atomic E-state index is -0.837. The fourth-order valence-electron chi connectivity index (χ4n) is 2.53. The number of carbonyl (C=O) groups excluding carboxylic acids is 2.